The number of ether oxygens (including phenoxy) is 2. The lowest BCUT2D eigenvalue weighted by atomic mass is 9.93. The maximum absolute atomic E-state index is 13.7. The molecule has 0 unspecified atom stereocenters. The Labute approximate surface area is 295 Å². The van der Waals surface area contributed by atoms with E-state index >= 15 is 0 Å². The third kappa shape index (κ3) is 12.6. The summed E-state index contributed by atoms with van der Waals surface area (Å²) >= 11 is 2.80. The Morgan fingerprint density at radius 2 is 1.45 bits per heavy atom. The van der Waals surface area contributed by atoms with Crippen molar-refractivity contribution >= 4 is 40.8 Å². The van der Waals surface area contributed by atoms with E-state index in [0.717, 1.165) is 21.7 Å². The fourth-order valence-corrected chi connectivity index (χ4v) is 6.49. The van der Waals surface area contributed by atoms with Crippen LogP contribution in [0.3, 0.4) is 0 Å². The number of aliphatic hydroxyl groups excluding tert-OH is 1. The zero-order valence-electron chi connectivity index (χ0n) is 28.2. The molecule has 0 aliphatic carbocycles. The minimum absolute atomic E-state index is 0.000924. The molecular formula is C36H45N5O6S2. The summed E-state index contributed by atoms with van der Waals surface area (Å²) < 4.78 is 10.8. The number of hydrogen-bond donors (Lipinski definition) is 4. The molecule has 4 N–H and O–H groups in total. The molecule has 4 rings (SSSR count). The largest absolute Gasteiger partial charge is 0.444 e. The van der Waals surface area contributed by atoms with E-state index in [0.29, 0.717) is 17.8 Å². The Balaban J connectivity index is 1.44. The van der Waals surface area contributed by atoms with Crippen molar-refractivity contribution in [1.82, 2.24) is 25.9 Å². The third-order valence-corrected chi connectivity index (χ3v) is 9.40. The first kappa shape index (κ1) is 37.5. The molecular weight excluding hydrogens is 663 g/mol. The van der Waals surface area contributed by atoms with E-state index in [9.17, 15) is 19.5 Å². The Morgan fingerprint density at radius 3 is 2.04 bits per heavy atom. The van der Waals surface area contributed by atoms with Crippen LogP contribution >= 0.6 is 22.7 Å². The molecule has 4 atom stereocenters. The zero-order chi connectivity index (χ0) is 35.2. The second kappa shape index (κ2) is 19.0. The van der Waals surface area contributed by atoms with E-state index in [1.54, 1.807) is 11.7 Å². The molecule has 13 heteroatoms. The van der Waals surface area contributed by atoms with Crippen LogP contribution in [0.25, 0.3) is 0 Å². The summed E-state index contributed by atoms with van der Waals surface area (Å²) in [6.45, 7) is 7.81. The number of rotatable bonds is 17. The molecule has 0 aliphatic heterocycles. The van der Waals surface area contributed by atoms with Gasteiger partial charge in [0.2, 0.25) is 5.91 Å². The van der Waals surface area contributed by atoms with Gasteiger partial charge in [0.25, 0.3) is 0 Å². The molecule has 11 nitrogen and oxygen atoms in total. The van der Waals surface area contributed by atoms with Crippen molar-refractivity contribution in [3.63, 3.8) is 0 Å². The van der Waals surface area contributed by atoms with Crippen LogP contribution in [0.1, 0.15) is 66.7 Å². The van der Waals surface area contributed by atoms with Gasteiger partial charge >= 0.3 is 12.2 Å². The summed E-state index contributed by atoms with van der Waals surface area (Å²) in [6.07, 6.45) is 0.0440. The second-order valence-electron chi connectivity index (χ2n) is 12.4. The minimum Gasteiger partial charge on any atom is -0.444 e. The Morgan fingerprint density at radius 1 is 0.816 bits per heavy atom. The Bertz CT molecular complexity index is 1580. The fourth-order valence-electron chi connectivity index (χ4n) is 5.12. The molecule has 3 amide bonds. The second-order valence-corrected chi connectivity index (χ2v) is 14.4. The van der Waals surface area contributed by atoms with Crippen LogP contribution in [-0.4, -0.2) is 57.4 Å². The summed E-state index contributed by atoms with van der Waals surface area (Å²) in [5.74, 6) is -0.404. The number of carbonyl (C=O) groups excluding carboxylic acids is 3. The lowest BCUT2D eigenvalue weighted by Gasteiger charge is -2.30. The van der Waals surface area contributed by atoms with E-state index in [1.165, 1.54) is 22.7 Å². The quantitative estimate of drug-likeness (QED) is 0.105. The van der Waals surface area contributed by atoms with Crippen molar-refractivity contribution in [1.29, 1.82) is 0 Å². The molecule has 0 spiro atoms. The van der Waals surface area contributed by atoms with Gasteiger partial charge in [-0.05, 0) is 42.2 Å². The highest BCUT2D eigenvalue weighted by Gasteiger charge is 2.30. The Hall–Kier alpha value is -4.33. The zero-order valence-corrected chi connectivity index (χ0v) is 29.8. The van der Waals surface area contributed by atoms with E-state index in [2.05, 4.69) is 25.9 Å². The molecule has 0 bridgehead atoms. The lowest BCUT2D eigenvalue weighted by Crippen LogP contribution is -2.54. The number of aromatic nitrogens is 2. The first-order chi connectivity index (χ1) is 23.6. The molecule has 49 heavy (non-hydrogen) atoms. The number of thiazole rings is 2. The van der Waals surface area contributed by atoms with Crippen LogP contribution in [0.4, 0.5) is 9.59 Å². The van der Waals surface area contributed by atoms with Gasteiger partial charge in [-0.2, -0.15) is 0 Å². The number of aliphatic hydroxyl groups is 1. The molecule has 4 aromatic rings. The van der Waals surface area contributed by atoms with Crippen molar-refractivity contribution in [3.05, 3.63) is 104 Å². The molecule has 2 aromatic carbocycles. The SMILES string of the molecule is CC(C)c1csc(COC(=O)N[C@H](C(=O)N[C@@H](Cc2ccccc2)C[C@H](O)[C@H](Cc2ccccc2)NC(=O)OCc2cncs2)C(C)C)n1. The highest BCUT2D eigenvalue weighted by molar-refractivity contribution is 7.09. The van der Waals surface area contributed by atoms with Crippen molar-refractivity contribution in [2.75, 3.05) is 0 Å². The molecule has 262 valence electrons. The van der Waals surface area contributed by atoms with Gasteiger partial charge in [0, 0.05) is 17.6 Å². The van der Waals surface area contributed by atoms with E-state index < -0.39 is 42.3 Å². The molecule has 0 saturated heterocycles. The Kier molecular flexibility index (Phi) is 14.5. The number of nitrogens with one attached hydrogen (secondary N) is 3. The lowest BCUT2D eigenvalue weighted by molar-refractivity contribution is -0.125. The van der Waals surface area contributed by atoms with Crippen LogP contribution in [-0.2, 0) is 40.3 Å². The van der Waals surface area contributed by atoms with Gasteiger partial charge in [-0.25, -0.2) is 14.6 Å². The number of carbonyl (C=O) groups is 3. The summed E-state index contributed by atoms with van der Waals surface area (Å²) in [6, 6.07) is 17.0. The maximum atomic E-state index is 13.7. The molecule has 2 aromatic heterocycles. The van der Waals surface area contributed by atoms with Crippen molar-refractivity contribution in [2.24, 2.45) is 5.92 Å². The summed E-state index contributed by atoms with van der Waals surface area (Å²) in [4.78, 5) is 48.7. The van der Waals surface area contributed by atoms with Gasteiger partial charge in [-0.3, -0.25) is 9.78 Å². The van der Waals surface area contributed by atoms with Crippen LogP contribution in [0, 0.1) is 5.92 Å². The van der Waals surface area contributed by atoms with Gasteiger partial charge < -0.3 is 30.5 Å². The first-order valence-electron chi connectivity index (χ1n) is 16.3. The van der Waals surface area contributed by atoms with Gasteiger partial charge in [-0.1, -0.05) is 88.4 Å². The predicted molar refractivity (Wildman–Crippen MR) is 190 cm³/mol. The van der Waals surface area contributed by atoms with Crippen molar-refractivity contribution in [3.8, 4) is 0 Å². The monoisotopic (exact) mass is 707 g/mol. The third-order valence-electron chi connectivity index (χ3n) is 7.80. The number of amides is 3. The smallest absolute Gasteiger partial charge is 0.408 e. The van der Waals surface area contributed by atoms with Gasteiger partial charge in [0.1, 0.15) is 24.3 Å². The molecule has 0 radical (unpaired) electrons. The van der Waals surface area contributed by atoms with Crippen LogP contribution < -0.4 is 16.0 Å². The average molecular weight is 708 g/mol. The average Bonchev–Trinajstić information content (AvgIpc) is 3.79. The number of hydrogen-bond acceptors (Lipinski definition) is 10. The van der Waals surface area contributed by atoms with Crippen LogP contribution in [0.5, 0.6) is 0 Å². The van der Waals surface area contributed by atoms with Gasteiger partial charge in [0.15, 0.2) is 0 Å². The minimum atomic E-state index is -1.06. The maximum Gasteiger partial charge on any atom is 0.408 e. The summed E-state index contributed by atoms with van der Waals surface area (Å²) in [5.41, 5.74) is 4.46. The van der Waals surface area contributed by atoms with E-state index in [1.807, 2.05) is 93.7 Å². The van der Waals surface area contributed by atoms with E-state index in [4.69, 9.17) is 9.47 Å². The molecule has 0 saturated carbocycles. The van der Waals surface area contributed by atoms with E-state index in [-0.39, 0.29) is 31.5 Å². The number of nitrogens with zero attached hydrogens (tertiary/aromatic N) is 2. The number of benzene rings is 2. The van der Waals surface area contributed by atoms with Crippen molar-refractivity contribution in [2.45, 2.75) is 90.3 Å². The standard InChI is InChI=1S/C36H45N5O6S2/c1-23(2)30-21-48-32(39-30)20-47-36(45)41-33(24(3)4)34(43)38-27(15-25-11-7-5-8-12-25)17-31(42)29(16-26-13-9-6-10-14-26)40-35(44)46-19-28-18-37-22-49-28/h5-14,18,21-24,27,29,31,33,42H,15-17,19-20H2,1-4H3,(H,38,43)(H,40,44)(H,41,45)/t27-,29-,31-,33-/m0/s1. The van der Waals surface area contributed by atoms with Crippen LogP contribution in [0.15, 0.2) is 77.8 Å². The predicted octanol–water partition coefficient (Wildman–Crippen LogP) is 5.99. The highest BCUT2D eigenvalue weighted by Crippen LogP contribution is 2.19. The molecule has 2 heterocycles. The van der Waals surface area contributed by atoms with Crippen LogP contribution in [0.2, 0.25) is 0 Å². The van der Waals surface area contributed by atoms with Gasteiger partial charge in [-0.15, -0.1) is 22.7 Å². The normalized spacial score (nSPS) is 13.7. The number of alkyl carbamates (subject to hydrolysis) is 2. The highest BCUT2D eigenvalue weighted by atomic mass is 32.1. The molecule has 0 fully saturated rings. The summed E-state index contributed by atoms with van der Waals surface area (Å²) in [5, 5.41) is 22.8. The summed E-state index contributed by atoms with van der Waals surface area (Å²) in [7, 11) is 0. The first-order valence-corrected chi connectivity index (χ1v) is 18.1. The topological polar surface area (TPSA) is 152 Å². The van der Waals surface area contributed by atoms with Gasteiger partial charge in [0.05, 0.1) is 28.2 Å². The fraction of sp³-hybridized carbons (Fsp3) is 0.417. The molecule has 0 aliphatic rings. The van der Waals surface area contributed by atoms with Crippen molar-refractivity contribution < 1.29 is 29.0 Å².